The van der Waals surface area contributed by atoms with E-state index < -0.39 is 0 Å². The maximum atomic E-state index is 12.6. The lowest BCUT2D eigenvalue weighted by atomic mass is 9.91. The predicted molar refractivity (Wildman–Crippen MR) is 74.4 cm³/mol. The van der Waals surface area contributed by atoms with E-state index in [0.29, 0.717) is 18.8 Å². The quantitative estimate of drug-likeness (QED) is 0.783. The predicted octanol–water partition coefficient (Wildman–Crippen LogP) is -0.0448. The van der Waals surface area contributed by atoms with Gasteiger partial charge in [0.25, 0.3) is 5.91 Å². The second kappa shape index (κ2) is 4.56. The van der Waals surface area contributed by atoms with Crippen molar-refractivity contribution in [2.75, 3.05) is 33.8 Å². The fourth-order valence-corrected chi connectivity index (χ4v) is 3.25. The molecule has 2 aliphatic heterocycles. The highest BCUT2D eigenvalue weighted by atomic mass is 16.3. The van der Waals surface area contributed by atoms with Crippen LogP contribution in [0.2, 0.25) is 0 Å². The molecule has 0 radical (unpaired) electrons. The Kier molecular flexibility index (Phi) is 3.10. The summed E-state index contributed by atoms with van der Waals surface area (Å²) in [5.74, 6) is 0.0197. The van der Waals surface area contributed by atoms with Crippen LogP contribution in [0.25, 0.3) is 0 Å². The van der Waals surface area contributed by atoms with E-state index in [-0.39, 0.29) is 17.9 Å². The van der Waals surface area contributed by atoms with Crippen molar-refractivity contribution in [3.8, 4) is 0 Å². The topological polar surface area (TPSA) is 61.6 Å². The standard InChI is InChI=1S/C14H22N4O2/c1-14(9-19)7-17(3)13(20)12-10-6-16(2)5-4-11(10)15-18(12)8-14/h19H,4-9H2,1-3H3. The van der Waals surface area contributed by atoms with Gasteiger partial charge in [-0.2, -0.15) is 5.10 Å². The van der Waals surface area contributed by atoms with Crippen LogP contribution < -0.4 is 0 Å². The Morgan fingerprint density at radius 3 is 2.80 bits per heavy atom. The van der Waals surface area contributed by atoms with E-state index in [2.05, 4.69) is 17.0 Å². The van der Waals surface area contributed by atoms with Gasteiger partial charge in [-0.05, 0) is 7.05 Å². The summed E-state index contributed by atoms with van der Waals surface area (Å²) in [4.78, 5) is 16.6. The third kappa shape index (κ3) is 2.03. The maximum absolute atomic E-state index is 12.6. The molecule has 1 amide bonds. The molecular weight excluding hydrogens is 256 g/mol. The van der Waals surface area contributed by atoms with Crippen LogP contribution in [0.4, 0.5) is 0 Å². The molecule has 0 saturated carbocycles. The number of carbonyl (C=O) groups is 1. The Morgan fingerprint density at radius 2 is 2.10 bits per heavy atom. The molecule has 2 aliphatic rings. The molecule has 3 heterocycles. The molecule has 0 saturated heterocycles. The molecule has 1 aromatic rings. The summed E-state index contributed by atoms with van der Waals surface area (Å²) in [5.41, 5.74) is 2.49. The summed E-state index contributed by atoms with van der Waals surface area (Å²) in [5, 5.41) is 14.3. The largest absolute Gasteiger partial charge is 0.396 e. The summed E-state index contributed by atoms with van der Waals surface area (Å²) in [6.45, 7) is 4.94. The molecule has 1 atom stereocenters. The van der Waals surface area contributed by atoms with E-state index in [1.54, 1.807) is 11.9 Å². The van der Waals surface area contributed by atoms with Gasteiger partial charge in [0.2, 0.25) is 0 Å². The smallest absolute Gasteiger partial charge is 0.272 e. The highest BCUT2D eigenvalue weighted by Crippen LogP contribution is 2.30. The Balaban J connectivity index is 2.10. The second-order valence-electron chi connectivity index (χ2n) is 6.55. The van der Waals surface area contributed by atoms with Gasteiger partial charge in [0.05, 0.1) is 18.8 Å². The molecule has 110 valence electrons. The molecule has 1 aromatic heterocycles. The molecule has 6 heteroatoms. The van der Waals surface area contributed by atoms with Crippen LogP contribution in [0.5, 0.6) is 0 Å². The normalized spacial score (nSPS) is 27.2. The fraction of sp³-hybridized carbons (Fsp3) is 0.714. The first-order valence-electron chi connectivity index (χ1n) is 7.07. The van der Waals surface area contributed by atoms with Gasteiger partial charge in [0.15, 0.2) is 0 Å². The summed E-state index contributed by atoms with van der Waals surface area (Å²) >= 11 is 0. The fourth-order valence-electron chi connectivity index (χ4n) is 3.25. The molecule has 20 heavy (non-hydrogen) atoms. The number of hydrogen-bond donors (Lipinski definition) is 1. The molecular formula is C14H22N4O2. The van der Waals surface area contributed by atoms with Gasteiger partial charge in [-0.25, -0.2) is 0 Å². The maximum Gasteiger partial charge on any atom is 0.272 e. The number of carbonyl (C=O) groups excluding carboxylic acids is 1. The average Bonchev–Trinajstić information content (AvgIpc) is 2.69. The van der Waals surface area contributed by atoms with E-state index in [9.17, 15) is 9.90 Å². The molecule has 0 spiro atoms. The first-order chi connectivity index (χ1) is 9.43. The lowest BCUT2D eigenvalue weighted by Gasteiger charge is -2.29. The van der Waals surface area contributed by atoms with E-state index in [1.165, 1.54) is 0 Å². The van der Waals surface area contributed by atoms with Crippen LogP contribution in [0, 0.1) is 5.41 Å². The number of aliphatic hydroxyl groups is 1. The summed E-state index contributed by atoms with van der Waals surface area (Å²) < 4.78 is 1.83. The third-order valence-corrected chi connectivity index (χ3v) is 4.37. The highest BCUT2D eigenvalue weighted by molar-refractivity contribution is 5.94. The van der Waals surface area contributed by atoms with Gasteiger partial charge in [0, 0.05) is 44.1 Å². The number of hydrogen-bond acceptors (Lipinski definition) is 4. The van der Waals surface area contributed by atoms with Crippen LogP contribution in [0.3, 0.4) is 0 Å². The summed E-state index contributed by atoms with van der Waals surface area (Å²) in [7, 11) is 3.87. The minimum atomic E-state index is -0.337. The van der Waals surface area contributed by atoms with E-state index in [0.717, 1.165) is 30.8 Å². The van der Waals surface area contributed by atoms with Crippen molar-refractivity contribution in [2.24, 2.45) is 5.41 Å². The molecule has 0 aromatic carbocycles. The Morgan fingerprint density at radius 1 is 1.35 bits per heavy atom. The number of rotatable bonds is 1. The van der Waals surface area contributed by atoms with E-state index in [4.69, 9.17) is 0 Å². The summed E-state index contributed by atoms with van der Waals surface area (Å²) in [6.07, 6.45) is 0.888. The first kappa shape index (κ1) is 13.6. The van der Waals surface area contributed by atoms with Gasteiger partial charge < -0.3 is 14.9 Å². The number of amides is 1. The van der Waals surface area contributed by atoms with E-state index in [1.807, 2.05) is 11.6 Å². The minimum Gasteiger partial charge on any atom is -0.396 e. The monoisotopic (exact) mass is 278 g/mol. The summed E-state index contributed by atoms with van der Waals surface area (Å²) in [6, 6.07) is 0. The van der Waals surface area contributed by atoms with Gasteiger partial charge in [-0.1, -0.05) is 6.92 Å². The zero-order valence-electron chi connectivity index (χ0n) is 12.4. The molecule has 0 fully saturated rings. The number of likely N-dealkylation sites (N-methyl/N-ethyl adjacent to an activating group) is 1. The lowest BCUT2D eigenvalue weighted by Crippen LogP contribution is -2.39. The third-order valence-electron chi connectivity index (χ3n) is 4.37. The van der Waals surface area contributed by atoms with Crippen molar-refractivity contribution >= 4 is 5.91 Å². The lowest BCUT2D eigenvalue weighted by molar-refractivity contribution is 0.0640. The SMILES string of the molecule is CN1CCc2nn3c(c2C1)C(=O)N(C)CC(C)(CO)C3. The van der Waals surface area contributed by atoms with Crippen molar-refractivity contribution in [1.82, 2.24) is 19.6 Å². The Hall–Kier alpha value is -1.40. The van der Waals surface area contributed by atoms with Gasteiger partial charge in [-0.15, -0.1) is 0 Å². The Bertz CT molecular complexity index is 554. The van der Waals surface area contributed by atoms with Crippen LogP contribution in [0.1, 0.15) is 28.7 Å². The minimum absolute atomic E-state index is 0.0197. The first-order valence-corrected chi connectivity index (χ1v) is 7.07. The zero-order chi connectivity index (χ0) is 14.5. The number of fused-ring (bicyclic) bond motifs is 3. The molecule has 1 unspecified atom stereocenters. The van der Waals surface area contributed by atoms with Crippen LogP contribution >= 0.6 is 0 Å². The van der Waals surface area contributed by atoms with E-state index >= 15 is 0 Å². The molecule has 1 N–H and O–H groups in total. The van der Waals surface area contributed by atoms with Gasteiger partial charge >= 0.3 is 0 Å². The van der Waals surface area contributed by atoms with Crippen LogP contribution in [-0.4, -0.2) is 64.4 Å². The molecule has 3 rings (SSSR count). The van der Waals surface area contributed by atoms with Gasteiger partial charge in [-0.3, -0.25) is 9.48 Å². The van der Waals surface area contributed by atoms with Crippen molar-refractivity contribution in [2.45, 2.75) is 26.4 Å². The van der Waals surface area contributed by atoms with Crippen LogP contribution in [0.15, 0.2) is 0 Å². The van der Waals surface area contributed by atoms with Gasteiger partial charge in [0.1, 0.15) is 5.69 Å². The number of aromatic nitrogens is 2. The zero-order valence-corrected chi connectivity index (χ0v) is 12.4. The number of nitrogens with zero attached hydrogens (tertiary/aromatic N) is 4. The average molecular weight is 278 g/mol. The Labute approximate surface area is 119 Å². The van der Waals surface area contributed by atoms with Crippen molar-refractivity contribution in [3.63, 3.8) is 0 Å². The second-order valence-corrected chi connectivity index (χ2v) is 6.55. The number of aliphatic hydroxyl groups excluding tert-OH is 1. The highest BCUT2D eigenvalue weighted by Gasteiger charge is 2.37. The molecule has 6 nitrogen and oxygen atoms in total. The van der Waals surface area contributed by atoms with Crippen molar-refractivity contribution < 1.29 is 9.90 Å². The molecule has 0 aliphatic carbocycles. The van der Waals surface area contributed by atoms with Crippen molar-refractivity contribution in [1.29, 1.82) is 0 Å². The molecule has 0 bridgehead atoms. The van der Waals surface area contributed by atoms with Crippen LogP contribution in [-0.2, 0) is 19.5 Å². The van der Waals surface area contributed by atoms with Crippen molar-refractivity contribution in [3.05, 3.63) is 17.0 Å².